The largest absolute Gasteiger partial charge is 0.392 e. The first-order chi connectivity index (χ1) is 13.0. The van der Waals surface area contributed by atoms with Gasteiger partial charge in [0, 0.05) is 23.3 Å². The number of aliphatic hydroxyl groups is 1. The highest BCUT2D eigenvalue weighted by Gasteiger charge is 2.61. The summed E-state index contributed by atoms with van der Waals surface area (Å²) in [5, 5.41) is 11.1. The van der Waals surface area contributed by atoms with E-state index < -0.39 is 0 Å². The van der Waals surface area contributed by atoms with Crippen molar-refractivity contribution < 1.29 is 9.90 Å². The van der Waals surface area contributed by atoms with Gasteiger partial charge >= 0.3 is 0 Å². The number of hydrogen-bond donors (Lipinski definition) is 1. The van der Waals surface area contributed by atoms with Gasteiger partial charge in [0.05, 0.1) is 6.10 Å². The molecule has 0 aromatic rings. The van der Waals surface area contributed by atoms with Crippen LogP contribution in [0.1, 0.15) is 72.1 Å². The summed E-state index contributed by atoms with van der Waals surface area (Å²) in [6.07, 6.45) is 10.8. The van der Waals surface area contributed by atoms with Crippen LogP contribution in [-0.4, -0.2) is 28.5 Å². The Labute approximate surface area is 173 Å². The van der Waals surface area contributed by atoms with E-state index in [4.69, 9.17) is 0 Å². The van der Waals surface area contributed by atoms with Crippen molar-refractivity contribution in [1.29, 1.82) is 0 Å². The van der Waals surface area contributed by atoms with Crippen molar-refractivity contribution >= 4 is 27.4 Å². The minimum atomic E-state index is -0.112. The van der Waals surface area contributed by atoms with Crippen LogP contribution in [0, 0.1) is 34.5 Å². The average Bonchev–Trinajstić information content (AvgIpc) is 2.93. The van der Waals surface area contributed by atoms with E-state index in [9.17, 15) is 9.90 Å². The van der Waals surface area contributed by atoms with E-state index in [-0.39, 0.29) is 16.9 Å². The summed E-state index contributed by atoms with van der Waals surface area (Å²) in [6, 6.07) is 0. The smallest absolute Gasteiger partial charge is 0.155 e. The second kappa shape index (κ2) is 7.72. The fourth-order valence-corrected chi connectivity index (χ4v) is 9.79. The van der Waals surface area contributed by atoms with Gasteiger partial charge in [0.2, 0.25) is 0 Å². The third kappa shape index (κ3) is 3.17. The Morgan fingerprint density at radius 1 is 1.15 bits per heavy atom. The third-order valence-corrected chi connectivity index (χ3v) is 11.4. The summed E-state index contributed by atoms with van der Waals surface area (Å²) in [6.45, 7) is 6.87. The Kier molecular flexibility index (Phi) is 5.82. The predicted octanol–water partition coefficient (Wildman–Crippen LogP) is 5.90. The lowest BCUT2D eigenvalue weighted by molar-refractivity contribution is -0.117. The van der Waals surface area contributed by atoms with Gasteiger partial charge in [-0.25, -0.2) is 0 Å². The van der Waals surface area contributed by atoms with Gasteiger partial charge in [-0.15, -0.1) is 0 Å². The molecule has 3 saturated carbocycles. The molecule has 4 rings (SSSR count). The Bertz CT molecular complexity index is 617. The highest BCUT2D eigenvalue weighted by molar-refractivity contribution is 8.76. The molecule has 0 aliphatic heterocycles. The van der Waals surface area contributed by atoms with Crippen molar-refractivity contribution in [2.45, 2.75) is 78.2 Å². The van der Waals surface area contributed by atoms with Crippen LogP contribution in [0.5, 0.6) is 0 Å². The molecule has 27 heavy (non-hydrogen) atoms. The predicted molar refractivity (Wildman–Crippen MR) is 117 cm³/mol. The first-order valence-corrected chi connectivity index (χ1v) is 13.6. The quantitative estimate of drug-likeness (QED) is 0.454. The molecule has 3 fully saturated rings. The first kappa shape index (κ1) is 20.3. The Balaban J connectivity index is 1.66. The minimum Gasteiger partial charge on any atom is -0.392 e. The molecule has 0 bridgehead atoms. The SMILES string of the molecule is CCSSC[C@]12CCC(=O)C=C1CC[C@@H]1[C@@H]2CC[C@]2(C)[C@@H](O)[C@@H](CC)C[C@@H]12. The second-order valence-corrected chi connectivity index (χ2v) is 12.5. The maximum Gasteiger partial charge on any atom is 0.155 e. The maximum atomic E-state index is 12.2. The highest BCUT2D eigenvalue weighted by Crippen LogP contribution is 2.67. The summed E-state index contributed by atoms with van der Waals surface area (Å²) in [5.74, 6) is 5.31. The van der Waals surface area contributed by atoms with Crippen LogP contribution in [0.4, 0.5) is 0 Å². The van der Waals surface area contributed by atoms with Crippen LogP contribution < -0.4 is 0 Å². The van der Waals surface area contributed by atoms with E-state index in [1.807, 2.05) is 27.7 Å². The van der Waals surface area contributed by atoms with Crippen LogP contribution in [0.3, 0.4) is 0 Å². The monoisotopic (exact) mass is 408 g/mol. The Morgan fingerprint density at radius 2 is 1.96 bits per heavy atom. The molecule has 0 spiro atoms. The summed E-state index contributed by atoms with van der Waals surface area (Å²) in [4.78, 5) is 12.2. The van der Waals surface area contributed by atoms with Gasteiger partial charge in [-0.05, 0) is 73.7 Å². The molecule has 0 heterocycles. The van der Waals surface area contributed by atoms with Gasteiger partial charge in [0.25, 0.3) is 0 Å². The zero-order valence-corrected chi connectivity index (χ0v) is 18.8. The number of ketones is 1. The lowest BCUT2D eigenvalue weighted by atomic mass is 9.47. The number of aliphatic hydroxyl groups excluding tert-OH is 1. The molecule has 0 amide bonds. The maximum absolute atomic E-state index is 12.2. The number of hydrogen-bond acceptors (Lipinski definition) is 4. The van der Waals surface area contributed by atoms with Crippen molar-refractivity contribution in [3.63, 3.8) is 0 Å². The van der Waals surface area contributed by atoms with Crippen LogP contribution in [0.15, 0.2) is 11.6 Å². The first-order valence-electron chi connectivity index (χ1n) is 11.1. The van der Waals surface area contributed by atoms with Crippen LogP contribution in [0.2, 0.25) is 0 Å². The van der Waals surface area contributed by atoms with Gasteiger partial charge in [0.1, 0.15) is 0 Å². The molecule has 4 aliphatic carbocycles. The minimum absolute atomic E-state index is 0.112. The molecule has 2 nitrogen and oxygen atoms in total. The molecule has 0 radical (unpaired) electrons. The fraction of sp³-hybridized carbons (Fsp3) is 0.870. The van der Waals surface area contributed by atoms with E-state index in [0.717, 1.165) is 43.3 Å². The third-order valence-electron chi connectivity index (χ3n) is 8.84. The second-order valence-electron chi connectivity index (χ2n) is 9.77. The molecule has 0 aromatic heterocycles. The molecule has 0 aromatic carbocycles. The van der Waals surface area contributed by atoms with Gasteiger partial charge in [-0.2, -0.15) is 0 Å². The standard InChI is InChI=1S/C23H36O2S2/c1-4-15-12-20-18-7-6-16-13-17(24)8-11-23(16,14-27-26-5-2)19(18)9-10-22(20,3)21(15)25/h13,15,18-21,25H,4-12,14H2,1-3H3/t15-,18+,19-,20-,21-,22-,23+/m0/s1. The van der Waals surface area contributed by atoms with E-state index in [1.165, 1.54) is 37.0 Å². The van der Waals surface area contributed by atoms with E-state index in [0.29, 0.717) is 17.6 Å². The van der Waals surface area contributed by atoms with Crippen molar-refractivity contribution in [1.82, 2.24) is 0 Å². The van der Waals surface area contributed by atoms with Crippen molar-refractivity contribution in [3.05, 3.63) is 11.6 Å². The van der Waals surface area contributed by atoms with Crippen molar-refractivity contribution in [3.8, 4) is 0 Å². The topological polar surface area (TPSA) is 37.3 Å². The zero-order valence-electron chi connectivity index (χ0n) is 17.2. The molecule has 7 atom stereocenters. The molecule has 152 valence electrons. The molecule has 4 aliphatic rings. The van der Waals surface area contributed by atoms with Gasteiger partial charge < -0.3 is 5.11 Å². The fourth-order valence-electron chi connectivity index (χ4n) is 7.40. The Morgan fingerprint density at radius 3 is 2.70 bits per heavy atom. The molecule has 0 unspecified atom stereocenters. The highest BCUT2D eigenvalue weighted by atomic mass is 33.1. The number of carbonyl (C=O) groups is 1. The zero-order chi connectivity index (χ0) is 19.2. The van der Waals surface area contributed by atoms with Crippen molar-refractivity contribution in [2.24, 2.45) is 34.5 Å². The number of rotatable bonds is 5. The summed E-state index contributed by atoms with van der Waals surface area (Å²) >= 11 is 0. The molecular weight excluding hydrogens is 372 g/mol. The number of carbonyl (C=O) groups excluding carboxylic acids is 1. The molecular formula is C23H36O2S2. The van der Waals surface area contributed by atoms with Crippen LogP contribution >= 0.6 is 21.6 Å². The summed E-state index contributed by atoms with van der Waals surface area (Å²) in [7, 11) is 4.02. The van der Waals surface area contributed by atoms with Gasteiger partial charge in [0.15, 0.2) is 5.78 Å². The normalized spacial score (nSPS) is 46.4. The molecule has 1 N–H and O–H groups in total. The van der Waals surface area contributed by atoms with Crippen LogP contribution in [0.25, 0.3) is 0 Å². The lowest BCUT2D eigenvalue weighted by Gasteiger charge is -2.58. The Hall–Kier alpha value is 0.0700. The summed E-state index contributed by atoms with van der Waals surface area (Å²) in [5.41, 5.74) is 1.86. The van der Waals surface area contributed by atoms with E-state index >= 15 is 0 Å². The van der Waals surface area contributed by atoms with E-state index in [2.05, 4.69) is 20.8 Å². The molecule has 0 saturated heterocycles. The van der Waals surface area contributed by atoms with Gasteiger partial charge in [-0.3, -0.25) is 4.79 Å². The van der Waals surface area contributed by atoms with Crippen molar-refractivity contribution in [2.75, 3.05) is 11.5 Å². The average molecular weight is 409 g/mol. The van der Waals surface area contributed by atoms with Gasteiger partial charge in [-0.1, -0.05) is 54.4 Å². The molecule has 4 heteroatoms. The summed E-state index contributed by atoms with van der Waals surface area (Å²) < 4.78 is 0. The van der Waals surface area contributed by atoms with E-state index in [1.54, 1.807) is 0 Å². The number of allylic oxidation sites excluding steroid dienone is 1. The van der Waals surface area contributed by atoms with Crippen LogP contribution in [-0.2, 0) is 4.79 Å². The number of fused-ring (bicyclic) bond motifs is 5. The lowest BCUT2D eigenvalue weighted by Crippen LogP contribution is -2.53.